The van der Waals surface area contributed by atoms with Gasteiger partial charge in [0, 0.05) is 6.54 Å². The van der Waals surface area contributed by atoms with E-state index >= 15 is 0 Å². The van der Waals surface area contributed by atoms with Crippen LogP contribution in [0.3, 0.4) is 0 Å². The van der Waals surface area contributed by atoms with Gasteiger partial charge in [-0.3, -0.25) is 10.7 Å². The molecule has 0 radical (unpaired) electrons. The second-order valence-electron chi connectivity index (χ2n) is 4.05. The van der Waals surface area contributed by atoms with Gasteiger partial charge in [-0.2, -0.15) is 5.10 Å². The number of hydrazone groups is 1. The third-order valence-corrected chi connectivity index (χ3v) is 2.40. The molecular formula is C10H18ClN3O. The van der Waals surface area contributed by atoms with E-state index in [1.54, 1.807) is 6.92 Å². The molecule has 0 saturated heterocycles. The topological polar surface area (TPSA) is 56.7 Å². The molecule has 3 N–H and O–H groups in total. The summed E-state index contributed by atoms with van der Waals surface area (Å²) < 4.78 is 0. The number of rotatable bonds is 4. The van der Waals surface area contributed by atoms with Crippen molar-refractivity contribution in [1.29, 1.82) is 0 Å². The number of nitrogens with zero attached hydrogens (tertiary/aromatic N) is 1. The van der Waals surface area contributed by atoms with Crippen LogP contribution in [0.2, 0.25) is 0 Å². The van der Waals surface area contributed by atoms with Crippen molar-refractivity contribution in [3.63, 3.8) is 0 Å². The largest absolute Gasteiger partial charge is 0.392 e. The highest BCUT2D eigenvalue weighted by molar-refractivity contribution is 6.68. The van der Waals surface area contributed by atoms with E-state index in [9.17, 15) is 5.11 Å². The Kier molecular flexibility index (Phi) is 4.57. The quantitative estimate of drug-likeness (QED) is 0.677. The number of halogens is 1. The summed E-state index contributed by atoms with van der Waals surface area (Å²) >= 11 is 5.82. The Bertz CT molecular complexity index is 274. The number of nitrogens with one attached hydrogen (secondary N) is 2. The van der Waals surface area contributed by atoms with E-state index in [0.29, 0.717) is 17.6 Å². The summed E-state index contributed by atoms with van der Waals surface area (Å²) in [4.78, 5) is 0. The Labute approximate surface area is 95.4 Å². The first kappa shape index (κ1) is 12.5. The third kappa shape index (κ3) is 3.81. The molecule has 86 valence electrons. The molecule has 15 heavy (non-hydrogen) atoms. The van der Waals surface area contributed by atoms with Gasteiger partial charge in [0.2, 0.25) is 0 Å². The predicted octanol–water partition coefficient (Wildman–Crippen LogP) is 1.02. The van der Waals surface area contributed by atoms with Crippen molar-refractivity contribution >= 4 is 16.8 Å². The molecule has 2 atom stereocenters. The number of hydrogen-bond donors (Lipinski definition) is 3. The standard InChI is InChI=1S/C10H18ClN3O/c1-6(2)8-4-9(11)13-14-10(8)12-5-7(3)15/h4,6-7,10,12,14-15H,5H2,1-3H3/t7-,10?/m1/s1. The summed E-state index contributed by atoms with van der Waals surface area (Å²) in [7, 11) is 0. The summed E-state index contributed by atoms with van der Waals surface area (Å²) in [6, 6.07) is 0. The molecule has 1 rings (SSSR count). The molecule has 0 amide bonds. The summed E-state index contributed by atoms with van der Waals surface area (Å²) in [5, 5.41) is 16.8. The van der Waals surface area contributed by atoms with Gasteiger partial charge in [-0.05, 0) is 24.5 Å². The van der Waals surface area contributed by atoms with Crippen molar-refractivity contribution in [3.05, 3.63) is 11.6 Å². The molecule has 1 aliphatic heterocycles. The predicted molar refractivity (Wildman–Crippen MR) is 62.8 cm³/mol. The molecule has 1 aliphatic rings. The molecule has 0 bridgehead atoms. The van der Waals surface area contributed by atoms with Crippen LogP contribution in [-0.4, -0.2) is 29.1 Å². The smallest absolute Gasteiger partial charge is 0.149 e. The SMILES string of the molecule is CC(C)C1=CC(Cl)=NNC1NC[C@@H](C)O. The molecule has 5 heteroatoms. The van der Waals surface area contributed by atoms with Gasteiger partial charge in [-0.25, -0.2) is 0 Å². The highest BCUT2D eigenvalue weighted by Crippen LogP contribution is 2.16. The maximum atomic E-state index is 9.19. The van der Waals surface area contributed by atoms with Crippen LogP contribution in [0, 0.1) is 5.92 Å². The van der Waals surface area contributed by atoms with Crippen LogP contribution in [0.15, 0.2) is 16.8 Å². The fraction of sp³-hybridized carbons (Fsp3) is 0.700. The zero-order valence-electron chi connectivity index (χ0n) is 9.29. The van der Waals surface area contributed by atoms with Crippen LogP contribution in [-0.2, 0) is 0 Å². The van der Waals surface area contributed by atoms with E-state index in [1.165, 1.54) is 0 Å². The maximum absolute atomic E-state index is 9.19. The number of hydrogen-bond acceptors (Lipinski definition) is 4. The van der Waals surface area contributed by atoms with E-state index in [1.807, 2.05) is 6.08 Å². The van der Waals surface area contributed by atoms with Crippen molar-refractivity contribution in [1.82, 2.24) is 10.7 Å². The van der Waals surface area contributed by atoms with Crippen molar-refractivity contribution in [2.75, 3.05) is 6.54 Å². The van der Waals surface area contributed by atoms with Crippen molar-refractivity contribution in [2.45, 2.75) is 33.0 Å². The lowest BCUT2D eigenvalue weighted by atomic mass is 9.99. The Hall–Kier alpha value is -0.580. The summed E-state index contributed by atoms with van der Waals surface area (Å²) in [6.45, 7) is 6.46. The first-order valence-corrected chi connectivity index (χ1v) is 5.50. The average molecular weight is 232 g/mol. The van der Waals surface area contributed by atoms with Gasteiger partial charge in [0.1, 0.15) is 11.3 Å². The van der Waals surface area contributed by atoms with Crippen LogP contribution in [0.25, 0.3) is 0 Å². The van der Waals surface area contributed by atoms with Crippen LogP contribution in [0.5, 0.6) is 0 Å². The zero-order valence-corrected chi connectivity index (χ0v) is 10.0. The molecule has 0 aromatic carbocycles. The van der Waals surface area contributed by atoms with E-state index in [-0.39, 0.29) is 12.3 Å². The van der Waals surface area contributed by atoms with Gasteiger partial charge in [-0.15, -0.1) is 0 Å². The monoisotopic (exact) mass is 231 g/mol. The summed E-state index contributed by atoms with van der Waals surface area (Å²) in [5.41, 5.74) is 4.07. The van der Waals surface area contributed by atoms with Gasteiger partial charge in [0.25, 0.3) is 0 Å². The van der Waals surface area contributed by atoms with Crippen LogP contribution >= 0.6 is 11.6 Å². The fourth-order valence-electron chi connectivity index (χ4n) is 1.41. The van der Waals surface area contributed by atoms with Crippen molar-refractivity contribution in [3.8, 4) is 0 Å². The molecule has 0 fully saturated rings. The first-order chi connectivity index (χ1) is 7.00. The molecule has 1 heterocycles. The molecule has 0 aromatic rings. The number of allylic oxidation sites excluding steroid dienone is 1. The maximum Gasteiger partial charge on any atom is 0.149 e. The van der Waals surface area contributed by atoms with Gasteiger partial charge in [0.05, 0.1) is 6.10 Å². The van der Waals surface area contributed by atoms with E-state index in [4.69, 9.17) is 11.6 Å². The Morgan fingerprint density at radius 3 is 2.80 bits per heavy atom. The van der Waals surface area contributed by atoms with Gasteiger partial charge >= 0.3 is 0 Å². The first-order valence-electron chi connectivity index (χ1n) is 5.12. The average Bonchev–Trinajstić information content (AvgIpc) is 2.15. The Morgan fingerprint density at radius 1 is 1.60 bits per heavy atom. The molecule has 0 spiro atoms. The summed E-state index contributed by atoms with van der Waals surface area (Å²) in [5.74, 6) is 0.383. The second kappa shape index (κ2) is 5.49. The van der Waals surface area contributed by atoms with E-state index in [2.05, 4.69) is 29.7 Å². The minimum absolute atomic E-state index is 0.0397. The Morgan fingerprint density at radius 2 is 2.27 bits per heavy atom. The van der Waals surface area contributed by atoms with Crippen molar-refractivity contribution in [2.24, 2.45) is 11.0 Å². The third-order valence-electron chi connectivity index (χ3n) is 2.20. The minimum Gasteiger partial charge on any atom is -0.392 e. The number of aliphatic hydroxyl groups excluding tert-OH is 1. The molecule has 0 aromatic heterocycles. The van der Waals surface area contributed by atoms with Crippen LogP contribution in [0.4, 0.5) is 0 Å². The lowest BCUT2D eigenvalue weighted by molar-refractivity contribution is 0.184. The second-order valence-corrected chi connectivity index (χ2v) is 4.44. The fourth-order valence-corrected chi connectivity index (χ4v) is 1.58. The Balaban J connectivity index is 2.62. The minimum atomic E-state index is -0.374. The molecule has 0 saturated carbocycles. The van der Waals surface area contributed by atoms with E-state index in [0.717, 1.165) is 5.57 Å². The molecular weight excluding hydrogens is 214 g/mol. The van der Waals surface area contributed by atoms with Crippen molar-refractivity contribution < 1.29 is 5.11 Å². The zero-order chi connectivity index (χ0) is 11.4. The van der Waals surface area contributed by atoms with E-state index < -0.39 is 0 Å². The summed E-state index contributed by atoms with van der Waals surface area (Å²) in [6.07, 6.45) is 1.45. The highest BCUT2D eigenvalue weighted by atomic mass is 35.5. The molecule has 4 nitrogen and oxygen atoms in total. The molecule has 1 unspecified atom stereocenters. The lowest BCUT2D eigenvalue weighted by Gasteiger charge is -2.27. The lowest BCUT2D eigenvalue weighted by Crippen LogP contribution is -2.46. The van der Waals surface area contributed by atoms with Gasteiger partial charge in [0.15, 0.2) is 0 Å². The van der Waals surface area contributed by atoms with Gasteiger partial charge < -0.3 is 5.11 Å². The normalized spacial score (nSPS) is 23.2. The highest BCUT2D eigenvalue weighted by Gasteiger charge is 2.20. The van der Waals surface area contributed by atoms with Crippen LogP contribution in [0.1, 0.15) is 20.8 Å². The van der Waals surface area contributed by atoms with Gasteiger partial charge in [-0.1, -0.05) is 25.4 Å². The molecule has 0 aliphatic carbocycles. The van der Waals surface area contributed by atoms with Crippen LogP contribution < -0.4 is 10.7 Å². The number of aliphatic hydroxyl groups is 1.